The van der Waals surface area contributed by atoms with Crippen molar-refractivity contribution in [3.8, 4) is 0 Å². The molecule has 0 fully saturated rings. The van der Waals surface area contributed by atoms with Gasteiger partial charge in [-0.05, 0) is 63.2 Å². The van der Waals surface area contributed by atoms with E-state index in [2.05, 4.69) is 20.0 Å². The first kappa shape index (κ1) is 26.8. The minimum atomic E-state index is -4.00. The summed E-state index contributed by atoms with van der Waals surface area (Å²) in [4.78, 5) is 47.3. The summed E-state index contributed by atoms with van der Waals surface area (Å²) in [6.45, 7) is 5.19. The second kappa shape index (κ2) is 10.6. The standard InChI is InChI=1S/C25H22ClN5O6S/c1-4-37-24(34)18-7-5-6-8-19(18)31-22(32)20(26)21(23(31)33)29-16-9-11-17(12-10-16)38(35,36)30-25-27-14(2)13-15(3)28-25/h5-13,29H,4H2,1-3H3,(H,27,28,30). The summed E-state index contributed by atoms with van der Waals surface area (Å²) in [7, 11) is -4.00. The fourth-order valence-corrected chi connectivity index (χ4v) is 4.85. The van der Waals surface area contributed by atoms with E-state index in [1.807, 2.05) is 0 Å². The Hall–Kier alpha value is -4.29. The average molecular weight is 556 g/mol. The van der Waals surface area contributed by atoms with Gasteiger partial charge in [-0.2, -0.15) is 0 Å². The average Bonchev–Trinajstić information content (AvgIpc) is 3.06. The largest absolute Gasteiger partial charge is 0.462 e. The Labute approximate surface area is 223 Å². The lowest BCUT2D eigenvalue weighted by Gasteiger charge is -2.18. The maximum Gasteiger partial charge on any atom is 0.340 e. The molecule has 2 aromatic carbocycles. The van der Waals surface area contributed by atoms with Crippen molar-refractivity contribution < 1.29 is 27.5 Å². The highest BCUT2D eigenvalue weighted by atomic mass is 35.5. The number of carbonyl (C=O) groups excluding carboxylic acids is 3. The Morgan fingerprint density at radius 2 is 1.63 bits per heavy atom. The fraction of sp³-hybridized carbons (Fsp3) is 0.160. The Balaban J connectivity index is 1.55. The van der Waals surface area contributed by atoms with E-state index in [9.17, 15) is 22.8 Å². The Morgan fingerprint density at radius 1 is 1.00 bits per heavy atom. The molecule has 1 aliphatic heterocycles. The second-order valence-electron chi connectivity index (χ2n) is 8.10. The summed E-state index contributed by atoms with van der Waals surface area (Å²) in [6, 6.07) is 13.1. The third-order valence-corrected chi connectivity index (χ3v) is 7.00. The molecular weight excluding hydrogens is 534 g/mol. The number of nitrogens with zero attached hydrogens (tertiary/aromatic N) is 3. The summed E-state index contributed by atoms with van der Waals surface area (Å²) < 4.78 is 32.9. The molecule has 38 heavy (non-hydrogen) atoms. The lowest BCUT2D eigenvalue weighted by Crippen LogP contribution is -2.33. The number of amides is 2. The molecule has 1 aromatic heterocycles. The number of benzene rings is 2. The number of sulfonamides is 1. The number of carbonyl (C=O) groups is 3. The van der Waals surface area contributed by atoms with Gasteiger partial charge in [-0.3, -0.25) is 9.59 Å². The number of aryl methyl sites for hydroxylation is 2. The number of hydrogen-bond acceptors (Lipinski definition) is 9. The second-order valence-corrected chi connectivity index (χ2v) is 10.2. The highest BCUT2D eigenvalue weighted by Crippen LogP contribution is 2.32. The monoisotopic (exact) mass is 555 g/mol. The minimum absolute atomic E-state index is 0.0246. The zero-order valence-corrected chi connectivity index (χ0v) is 22.1. The van der Waals surface area contributed by atoms with Gasteiger partial charge < -0.3 is 10.1 Å². The number of rotatable bonds is 8. The maximum absolute atomic E-state index is 13.2. The summed E-state index contributed by atoms with van der Waals surface area (Å²) >= 11 is 6.20. The van der Waals surface area contributed by atoms with E-state index in [-0.39, 0.29) is 39.4 Å². The van der Waals surface area contributed by atoms with Crippen LogP contribution in [0, 0.1) is 13.8 Å². The Bertz CT molecular complexity index is 1570. The molecule has 2 amide bonds. The molecule has 4 rings (SSSR count). The Morgan fingerprint density at radius 3 is 2.26 bits per heavy atom. The van der Waals surface area contributed by atoms with Gasteiger partial charge in [-0.15, -0.1) is 0 Å². The zero-order valence-electron chi connectivity index (χ0n) is 20.5. The minimum Gasteiger partial charge on any atom is -0.462 e. The lowest BCUT2D eigenvalue weighted by molar-refractivity contribution is -0.120. The van der Waals surface area contributed by atoms with E-state index in [0.717, 1.165) is 4.90 Å². The van der Waals surface area contributed by atoms with Crippen molar-refractivity contribution in [1.29, 1.82) is 0 Å². The van der Waals surface area contributed by atoms with Gasteiger partial charge in [-0.25, -0.2) is 32.8 Å². The number of imide groups is 1. The van der Waals surface area contributed by atoms with Crippen LogP contribution in [0.3, 0.4) is 0 Å². The van der Waals surface area contributed by atoms with Crippen LogP contribution >= 0.6 is 11.6 Å². The summed E-state index contributed by atoms with van der Waals surface area (Å²) in [5, 5.41) is 2.38. The van der Waals surface area contributed by atoms with Gasteiger partial charge in [0, 0.05) is 17.1 Å². The van der Waals surface area contributed by atoms with E-state index in [4.69, 9.17) is 16.3 Å². The molecule has 3 aromatic rings. The number of para-hydroxylation sites is 1. The van der Waals surface area contributed by atoms with Crippen LogP contribution in [0.15, 0.2) is 70.2 Å². The zero-order chi connectivity index (χ0) is 27.6. The molecule has 0 atom stereocenters. The van der Waals surface area contributed by atoms with Crippen LogP contribution in [0.1, 0.15) is 28.7 Å². The number of anilines is 3. The highest BCUT2D eigenvalue weighted by molar-refractivity contribution is 7.92. The molecule has 0 saturated carbocycles. The van der Waals surface area contributed by atoms with Crippen molar-refractivity contribution in [1.82, 2.24) is 9.97 Å². The lowest BCUT2D eigenvalue weighted by atomic mass is 10.1. The molecule has 0 spiro atoms. The highest BCUT2D eigenvalue weighted by Gasteiger charge is 2.40. The van der Waals surface area contributed by atoms with Gasteiger partial charge in [0.15, 0.2) is 0 Å². The molecule has 0 radical (unpaired) electrons. The van der Waals surface area contributed by atoms with Crippen LogP contribution in [0.5, 0.6) is 0 Å². The van der Waals surface area contributed by atoms with Gasteiger partial charge in [0.05, 0.1) is 22.8 Å². The number of nitrogens with one attached hydrogen (secondary N) is 2. The number of ether oxygens (including phenoxy) is 1. The smallest absolute Gasteiger partial charge is 0.340 e. The van der Waals surface area contributed by atoms with Crippen molar-refractivity contribution in [2.24, 2.45) is 0 Å². The third-order valence-electron chi connectivity index (χ3n) is 5.31. The van der Waals surface area contributed by atoms with E-state index < -0.39 is 27.8 Å². The Kier molecular flexibility index (Phi) is 7.46. The quantitative estimate of drug-likeness (QED) is 0.314. The topological polar surface area (TPSA) is 148 Å². The van der Waals surface area contributed by atoms with Crippen LogP contribution < -0.4 is 14.9 Å². The molecule has 13 heteroatoms. The number of esters is 1. The molecular formula is C25H22ClN5O6S. The molecule has 196 valence electrons. The van der Waals surface area contributed by atoms with E-state index in [1.54, 1.807) is 39.0 Å². The van der Waals surface area contributed by atoms with Crippen LogP contribution in [-0.2, 0) is 24.3 Å². The molecule has 1 aliphatic rings. The van der Waals surface area contributed by atoms with E-state index >= 15 is 0 Å². The maximum atomic E-state index is 13.2. The molecule has 0 aliphatic carbocycles. The molecule has 0 saturated heterocycles. The van der Waals surface area contributed by atoms with Gasteiger partial charge >= 0.3 is 5.97 Å². The van der Waals surface area contributed by atoms with E-state index in [0.29, 0.717) is 17.1 Å². The first-order valence-corrected chi connectivity index (χ1v) is 13.1. The first-order chi connectivity index (χ1) is 18.0. The van der Waals surface area contributed by atoms with Gasteiger partial charge in [0.1, 0.15) is 10.7 Å². The van der Waals surface area contributed by atoms with Crippen LogP contribution in [0.2, 0.25) is 0 Å². The van der Waals surface area contributed by atoms with Gasteiger partial charge in [-0.1, -0.05) is 23.7 Å². The summed E-state index contributed by atoms with van der Waals surface area (Å²) in [6.07, 6.45) is 0. The summed E-state index contributed by atoms with van der Waals surface area (Å²) in [5.41, 5.74) is 1.33. The molecule has 2 heterocycles. The molecule has 0 unspecified atom stereocenters. The predicted octanol–water partition coefficient (Wildman–Crippen LogP) is 3.51. The number of aromatic nitrogens is 2. The number of halogens is 1. The summed E-state index contributed by atoms with van der Waals surface area (Å²) in [5.74, 6) is -2.37. The number of hydrogen-bond donors (Lipinski definition) is 2. The van der Waals surface area contributed by atoms with Gasteiger partial charge in [0.25, 0.3) is 21.8 Å². The van der Waals surface area contributed by atoms with Crippen LogP contribution in [0.25, 0.3) is 0 Å². The first-order valence-electron chi connectivity index (χ1n) is 11.3. The van der Waals surface area contributed by atoms with E-state index in [1.165, 1.54) is 36.4 Å². The molecule has 11 nitrogen and oxygen atoms in total. The predicted molar refractivity (Wildman–Crippen MR) is 140 cm³/mol. The van der Waals surface area contributed by atoms with Crippen LogP contribution in [-0.4, -0.2) is 42.8 Å². The van der Waals surface area contributed by atoms with Crippen LogP contribution in [0.4, 0.5) is 17.3 Å². The SMILES string of the molecule is CCOC(=O)c1ccccc1N1C(=O)C(Cl)=C(Nc2ccc(S(=O)(=O)Nc3nc(C)cc(C)n3)cc2)C1=O. The van der Waals surface area contributed by atoms with Crippen molar-refractivity contribution in [2.45, 2.75) is 25.7 Å². The molecule has 2 N–H and O–H groups in total. The van der Waals surface area contributed by atoms with Crippen molar-refractivity contribution in [3.63, 3.8) is 0 Å². The van der Waals surface area contributed by atoms with Crippen molar-refractivity contribution >= 4 is 56.7 Å². The van der Waals surface area contributed by atoms with Crippen molar-refractivity contribution in [3.05, 3.63) is 82.3 Å². The third kappa shape index (κ3) is 5.36. The normalized spacial score (nSPS) is 13.6. The van der Waals surface area contributed by atoms with Gasteiger partial charge in [0.2, 0.25) is 5.95 Å². The fourth-order valence-electron chi connectivity index (χ4n) is 3.69. The van der Waals surface area contributed by atoms with Crippen molar-refractivity contribution in [2.75, 3.05) is 21.5 Å². The molecule has 0 bridgehead atoms.